The number of carbonyl (C=O) groups excluding carboxylic acids is 1. The number of carbonyl (C=O) groups is 1. The minimum Gasteiger partial charge on any atom is -0.465 e. The van der Waals surface area contributed by atoms with Gasteiger partial charge in [-0.15, -0.1) is 11.3 Å². The molecule has 0 aliphatic heterocycles. The number of hydrogen-bond donors (Lipinski definition) is 2. The lowest BCUT2D eigenvalue weighted by Crippen LogP contribution is -2.13. The van der Waals surface area contributed by atoms with Crippen LogP contribution in [0.3, 0.4) is 0 Å². The van der Waals surface area contributed by atoms with Crippen LogP contribution in [0.25, 0.3) is 0 Å². The first-order valence-corrected chi connectivity index (χ1v) is 8.35. The summed E-state index contributed by atoms with van der Waals surface area (Å²) < 4.78 is 31.6. The number of esters is 1. The van der Waals surface area contributed by atoms with Gasteiger partial charge in [0, 0.05) is 11.8 Å². The number of aromatic nitrogens is 2. The fraction of sp³-hybridized carbons (Fsp3) is 0.200. The van der Waals surface area contributed by atoms with E-state index in [0.29, 0.717) is 3.79 Å². The molecule has 10 heteroatoms. The van der Waals surface area contributed by atoms with E-state index in [4.69, 9.17) is 0 Å². The van der Waals surface area contributed by atoms with Crippen LogP contribution in [0.5, 0.6) is 0 Å². The van der Waals surface area contributed by atoms with Gasteiger partial charge in [0.25, 0.3) is 10.0 Å². The van der Waals surface area contributed by atoms with Gasteiger partial charge in [0.1, 0.15) is 9.77 Å². The maximum atomic E-state index is 12.2. The number of sulfonamides is 1. The number of rotatable bonds is 4. The zero-order valence-corrected chi connectivity index (χ0v) is 13.6. The zero-order valence-electron chi connectivity index (χ0n) is 10.4. The molecule has 2 aromatic heterocycles. The maximum Gasteiger partial charge on any atom is 0.348 e. The number of ether oxygens (including phenoxy) is 1. The Morgan fingerprint density at radius 2 is 2.20 bits per heavy atom. The van der Waals surface area contributed by atoms with Crippen molar-refractivity contribution in [2.45, 2.75) is 11.8 Å². The summed E-state index contributed by atoms with van der Waals surface area (Å²) in [5.74, 6) is -0.409. The van der Waals surface area contributed by atoms with Crippen molar-refractivity contribution in [3.05, 3.63) is 26.5 Å². The van der Waals surface area contributed by atoms with Gasteiger partial charge in [0.2, 0.25) is 0 Å². The largest absolute Gasteiger partial charge is 0.465 e. The van der Waals surface area contributed by atoms with Gasteiger partial charge < -0.3 is 4.74 Å². The third-order valence-electron chi connectivity index (χ3n) is 2.28. The highest BCUT2D eigenvalue weighted by Gasteiger charge is 2.24. The lowest BCUT2D eigenvalue weighted by Gasteiger charge is -2.03. The monoisotopic (exact) mass is 379 g/mol. The number of thiophene rings is 1. The van der Waals surface area contributed by atoms with Gasteiger partial charge in [-0.3, -0.25) is 9.82 Å². The normalized spacial score (nSPS) is 11.3. The van der Waals surface area contributed by atoms with E-state index in [1.165, 1.54) is 13.2 Å². The Bertz CT molecular complexity index is 750. The first-order valence-electron chi connectivity index (χ1n) is 5.26. The Balaban J connectivity index is 2.34. The van der Waals surface area contributed by atoms with Gasteiger partial charge in [0.05, 0.1) is 10.9 Å². The van der Waals surface area contributed by atoms with E-state index in [9.17, 15) is 13.2 Å². The lowest BCUT2D eigenvalue weighted by molar-refractivity contribution is 0.0606. The van der Waals surface area contributed by atoms with Crippen molar-refractivity contribution >= 4 is 49.1 Å². The Labute approximate surface area is 127 Å². The maximum absolute atomic E-state index is 12.2. The molecule has 2 N–H and O–H groups in total. The van der Waals surface area contributed by atoms with Crippen LogP contribution >= 0.6 is 27.3 Å². The number of hydrogen-bond acceptors (Lipinski definition) is 6. The molecule has 0 atom stereocenters. The summed E-state index contributed by atoms with van der Waals surface area (Å²) in [5.41, 5.74) is 0.724. The van der Waals surface area contributed by atoms with Crippen molar-refractivity contribution in [3.8, 4) is 0 Å². The molecule has 2 heterocycles. The van der Waals surface area contributed by atoms with E-state index in [0.717, 1.165) is 17.0 Å². The minimum atomic E-state index is -3.83. The predicted octanol–water partition coefficient (Wildman–Crippen LogP) is 2.13. The van der Waals surface area contributed by atoms with Gasteiger partial charge in [0.15, 0.2) is 5.82 Å². The van der Waals surface area contributed by atoms with Gasteiger partial charge in [-0.25, -0.2) is 13.2 Å². The summed E-state index contributed by atoms with van der Waals surface area (Å²) in [6.07, 6.45) is 0. The second-order valence-electron chi connectivity index (χ2n) is 3.78. The van der Waals surface area contributed by atoms with Gasteiger partial charge in [-0.05, 0) is 28.9 Å². The minimum absolute atomic E-state index is 0.0384. The summed E-state index contributed by atoms with van der Waals surface area (Å²) in [7, 11) is -2.60. The Morgan fingerprint density at radius 3 is 2.75 bits per heavy atom. The lowest BCUT2D eigenvalue weighted by atomic mass is 10.5. The smallest absolute Gasteiger partial charge is 0.348 e. The molecule has 0 saturated carbocycles. The van der Waals surface area contributed by atoms with Crippen molar-refractivity contribution in [1.82, 2.24) is 10.2 Å². The van der Waals surface area contributed by atoms with E-state index in [1.54, 1.807) is 13.0 Å². The highest BCUT2D eigenvalue weighted by atomic mass is 79.9. The summed E-state index contributed by atoms with van der Waals surface area (Å²) >= 11 is 4.12. The van der Waals surface area contributed by atoms with Crippen molar-refractivity contribution in [2.24, 2.45) is 0 Å². The van der Waals surface area contributed by atoms with Crippen LogP contribution in [-0.2, 0) is 14.8 Å². The van der Waals surface area contributed by atoms with Crippen molar-refractivity contribution < 1.29 is 17.9 Å². The highest BCUT2D eigenvalue weighted by molar-refractivity contribution is 9.11. The summed E-state index contributed by atoms with van der Waals surface area (Å²) in [5, 5.41) is 6.43. The molecule has 20 heavy (non-hydrogen) atoms. The molecule has 0 unspecified atom stereocenters. The molecule has 2 aromatic rings. The van der Waals surface area contributed by atoms with Gasteiger partial charge >= 0.3 is 5.97 Å². The first-order chi connectivity index (χ1) is 9.33. The van der Waals surface area contributed by atoms with Crippen LogP contribution < -0.4 is 4.72 Å². The summed E-state index contributed by atoms with van der Waals surface area (Å²) in [4.78, 5) is 11.6. The van der Waals surface area contributed by atoms with Crippen molar-refractivity contribution in [2.75, 3.05) is 11.8 Å². The number of nitrogens with zero attached hydrogens (tertiary/aromatic N) is 1. The average Bonchev–Trinajstić information content (AvgIpc) is 2.94. The second-order valence-corrected chi connectivity index (χ2v) is 7.80. The molecule has 0 fully saturated rings. The fourth-order valence-corrected chi connectivity index (χ4v) is 4.88. The molecular weight excluding hydrogens is 370 g/mol. The number of halogens is 1. The van der Waals surface area contributed by atoms with Crippen LogP contribution in [0.2, 0.25) is 0 Å². The SMILES string of the molecule is COC(=O)c1cc(S(=O)(=O)Nc2cc(C)[nH]n2)c(Br)s1. The number of nitrogens with one attached hydrogen (secondary N) is 2. The third-order valence-corrected chi connectivity index (χ3v) is 5.86. The molecule has 108 valence electrons. The number of aryl methyl sites for hydroxylation is 1. The van der Waals surface area contributed by atoms with E-state index < -0.39 is 16.0 Å². The van der Waals surface area contributed by atoms with E-state index in [-0.39, 0.29) is 15.6 Å². The average molecular weight is 380 g/mol. The molecule has 7 nitrogen and oxygen atoms in total. The Morgan fingerprint density at radius 1 is 1.50 bits per heavy atom. The van der Waals surface area contributed by atoms with Crippen molar-refractivity contribution in [3.63, 3.8) is 0 Å². The molecule has 0 aliphatic carbocycles. The number of aromatic amines is 1. The summed E-state index contributed by atoms with van der Waals surface area (Å²) in [6.45, 7) is 1.75. The van der Waals surface area contributed by atoms with Gasteiger partial charge in [-0.1, -0.05) is 0 Å². The zero-order chi connectivity index (χ0) is 14.9. The van der Waals surface area contributed by atoms with Crippen LogP contribution in [0, 0.1) is 6.92 Å². The van der Waals surface area contributed by atoms with E-state index in [2.05, 4.69) is 35.6 Å². The topological polar surface area (TPSA) is 101 Å². The molecular formula is C10H10BrN3O4S2. The van der Waals surface area contributed by atoms with Crippen LogP contribution in [0.4, 0.5) is 5.82 Å². The number of anilines is 1. The van der Waals surface area contributed by atoms with E-state index in [1.807, 2.05) is 0 Å². The molecule has 0 aromatic carbocycles. The molecule has 0 aliphatic rings. The first kappa shape index (κ1) is 15.0. The fourth-order valence-electron chi connectivity index (χ4n) is 1.40. The Kier molecular flexibility index (Phi) is 4.16. The molecule has 0 amide bonds. The molecule has 2 rings (SSSR count). The molecule has 0 saturated heterocycles. The molecule has 0 radical (unpaired) electrons. The third kappa shape index (κ3) is 3.02. The van der Waals surface area contributed by atoms with Crippen LogP contribution in [-0.4, -0.2) is 31.7 Å². The number of methoxy groups -OCH3 is 1. The Hall–Kier alpha value is -1.39. The van der Waals surface area contributed by atoms with Gasteiger partial charge in [-0.2, -0.15) is 5.10 Å². The second kappa shape index (κ2) is 5.54. The summed E-state index contributed by atoms with van der Waals surface area (Å²) in [6, 6.07) is 2.81. The molecule has 0 bridgehead atoms. The predicted molar refractivity (Wildman–Crippen MR) is 77.5 cm³/mol. The quantitative estimate of drug-likeness (QED) is 0.792. The van der Waals surface area contributed by atoms with E-state index >= 15 is 0 Å². The van der Waals surface area contributed by atoms with Crippen LogP contribution in [0.1, 0.15) is 15.4 Å². The number of H-pyrrole nitrogens is 1. The highest BCUT2D eigenvalue weighted by Crippen LogP contribution is 2.33. The van der Waals surface area contributed by atoms with Crippen molar-refractivity contribution in [1.29, 1.82) is 0 Å². The van der Waals surface area contributed by atoms with Crippen LogP contribution in [0.15, 0.2) is 20.8 Å². The standard InChI is InChI=1S/C10H10BrN3O4S2/c1-5-3-8(13-12-5)14-20(16,17)7-4-6(10(15)18-2)19-9(7)11/h3-4H,1-2H3,(H2,12,13,14). The molecule has 0 spiro atoms.